The van der Waals surface area contributed by atoms with Crippen LogP contribution < -0.4 is 4.90 Å². The lowest BCUT2D eigenvalue weighted by atomic mass is 9.93. The fourth-order valence-electron chi connectivity index (χ4n) is 5.36. The second-order valence-corrected chi connectivity index (χ2v) is 9.76. The molecule has 0 saturated carbocycles. The number of nitrogens with zero attached hydrogens (tertiary/aromatic N) is 5. The van der Waals surface area contributed by atoms with Gasteiger partial charge in [-0.3, -0.25) is 9.69 Å². The normalized spacial score (nSPS) is 24.5. The van der Waals surface area contributed by atoms with Crippen LogP contribution in [0.1, 0.15) is 44.1 Å². The van der Waals surface area contributed by atoms with Gasteiger partial charge in [-0.15, -0.1) is 11.3 Å². The number of aromatic nitrogens is 2. The minimum absolute atomic E-state index is 0.218. The van der Waals surface area contributed by atoms with Crippen molar-refractivity contribution in [2.45, 2.75) is 51.5 Å². The fourth-order valence-corrected chi connectivity index (χ4v) is 6.38. The van der Waals surface area contributed by atoms with E-state index in [1.54, 1.807) is 17.7 Å². The summed E-state index contributed by atoms with van der Waals surface area (Å²) in [7, 11) is 0. The van der Waals surface area contributed by atoms with E-state index in [1.807, 2.05) is 0 Å². The summed E-state index contributed by atoms with van der Waals surface area (Å²) >= 11 is 1.76. The van der Waals surface area contributed by atoms with Gasteiger partial charge in [-0.1, -0.05) is 0 Å². The standard InChI is InChI=1S/C22H31N5OS/c1-16-14-29-20-19(16)23-15-24-21(20)25-11-6-18(7-12-25)27-10-4-5-17(13-27)22(28)26-8-2-3-9-26/h14-15,17-18H,2-13H2,1H3/t17-/m0/s1. The number of carbonyl (C=O) groups is 1. The molecule has 0 bridgehead atoms. The predicted octanol–water partition coefficient (Wildman–Crippen LogP) is 3.30. The number of fused-ring (bicyclic) bond motifs is 1. The lowest BCUT2D eigenvalue weighted by molar-refractivity contribution is -0.136. The van der Waals surface area contributed by atoms with E-state index in [9.17, 15) is 4.79 Å². The van der Waals surface area contributed by atoms with Crippen molar-refractivity contribution in [3.63, 3.8) is 0 Å². The number of hydrogen-bond donors (Lipinski definition) is 0. The SMILES string of the molecule is Cc1csc2c(N3CCC(N4CCC[C@H](C(=O)N5CCCC5)C4)CC3)ncnc12. The number of anilines is 1. The molecule has 3 aliphatic rings. The van der Waals surface area contributed by atoms with E-state index < -0.39 is 0 Å². The largest absolute Gasteiger partial charge is 0.355 e. The van der Waals surface area contributed by atoms with Crippen LogP contribution in [0, 0.1) is 12.8 Å². The Morgan fingerprint density at radius 3 is 2.62 bits per heavy atom. The zero-order valence-corrected chi connectivity index (χ0v) is 18.2. The molecule has 29 heavy (non-hydrogen) atoms. The van der Waals surface area contributed by atoms with Crippen LogP contribution in [0.15, 0.2) is 11.7 Å². The third kappa shape index (κ3) is 3.75. The molecule has 1 amide bonds. The highest BCUT2D eigenvalue weighted by atomic mass is 32.1. The summed E-state index contributed by atoms with van der Waals surface area (Å²) in [5.41, 5.74) is 2.34. The van der Waals surface area contributed by atoms with Crippen LogP contribution >= 0.6 is 11.3 Å². The molecule has 5 rings (SSSR count). The Hall–Kier alpha value is -1.73. The monoisotopic (exact) mass is 413 g/mol. The molecule has 2 aromatic heterocycles. The fraction of sp³-hybridized carbons (Fsp3) is 0.682. The first-order chi connectivity index (χ1) is 14.2. The molecule has 156 valence electrons. The molecule has 3 aliphatic heterocycles. The number of carbonyl (C=O) groups excluding carboxylic acids is 1. The minimum Gasteiger partial charge on any atom is -0.355 e. The number of likely N-dealkylation sites (tertiary alicyclic amines) is 2. The Bertz CT molecular complexity index is 869. The van der Waals surface area contributed by atoms with Gasteiger partial charge in [0.2, 0.25) is 5.91 Å². The molecular formula is C22H31N5OS. The molecule has 7 heteroatoms. The maximum absolute atomic E-state index is 12.9. The number of amides is 1. The molecule has 0 unspecified atom stereocenters. The summed E-state index contributed by atoms with van der Waals surface area (Å²) in [4.78, 5) is 29.1. The predicted molar refractivity (Wildman–Crippen MR) is 117 cm³/mol. The number of aryl methyl sites for hydroxylation is 1. The molecular weight excluding hydrogens is 382 g/mol. The quantitative estimate of drug-likeness (QED) is 0.773. The van der Waals surface area contributed by atoms with E-state index in [2.05, 4.69) is 37.0 Å². The van der Waals surface area contributed by atoms with Gasteiger partial charge in [-0.2, -0.15) is 0 Å². The summed E-state index contributed by atoms with van der Waals surface area (Å²) in [6.07, 6.45) is 8.61. The van der Waals surface area contributed by atoms with Gasteiger partial charge in [0, 0.05) is 38.8 Å². The van der Waals surface area contributed by atoms with Gasteiger partial charge in [0.25, 0.3) is 0 Å². The molecule has 6 nitrogen and oxygen atoms in total. The first kappa shape index (κ1) is 19.2. The maximum atomic E-state index is 12.9. The number of thiophene rings is 1. The van der Waals surface area contributed by atoms with Crippen LogP contribution in [0.4, 0.5) is 5.82 Å². The Morgan fingerprint density at radius 1 is 1.03 bits per heavy atom. The van der Waals surface area contributed by atoms with Crippen LogP contribution in [0.5, 0.6) is 0 Å². The third-order valence-corrected chi connectivity index (χ3v) is 8.10. The van der Waals surface area contributed by atoms with Crippen molar-refractivity contribution in [2.24, 2.45) is 5.92 Å². The average Bonchev–Trinajstić information content (AvgIpc) is 3.44. The summed E-state index contributed by atoms with van der Waals surface area (Å²) in [5.74, 6) is 1.74. The highest BCUT2D eigenvalue weighted by Gasteiger charge is 2.34. The molecule has 0 aliphatic carbocycles. The molecule has 1 atom stereocenters. The lowest BCUT2D eigenvalue weighted by Crippen LogP contribution is -2.51. The first-order valence-corrected chi connectivity index (χ1v) is 12.1. The highest BCUT2D eigenvalue weighted by molar-refractivity contribution is 7.18. The molecule has 0 spiro atoms. The topological polar surface area (TPSA) is 52.6 Å². The molecule has 3 saturated heterocycles. The molecule has 2 aromatic rings. The van der Waals surface area contributed by atoms with Crippen molar-refractivity contribution < 1.29 is 4.79 Å². The van der Waals surface area contributed by atoms with Crippen molar-refractivity contribution in [2.75, 3.05) is 44.2 Å². The van der Waals surface area contributed by atoms with Crippen LogP contribution in [0.3, 0.4) is 0 Å². The Kier molecular flexibility index (Phi) is 5.43. The smallest absolute Gasteiger partial charge is 0.226 e. The first-order valence-electron chi connectivity index (χ1n) is 11.2. The zero-order valence-electron chi connectivity index (χ0n) is 17.3. The second kappa shape index (κ2) is 8.19. The van der Waals surface area contributed by atoms with Crippen LogP contribution in [-0.2, 0) is 4.79 Å². The van der Waals surface area contributed by atoms with Gasteiger partial charge in [-0.25, -0.2) is 9.97 Å². The number of rotatable bonds is 3. The van der Waals surface area contributed by atoms with Crippen LogP contribution in [0.2, 0.25) is 0 Å². The molecule has 5 heterocycles. The summed E-state index contributed by atoms with van der Waals surface area (Å²) in [6.45, 7) is 8.26. The molecule has 0 N–H and O–H groups in total. The Morgan fingerprint density at radius 2 is 1.83 bits per heavy atom. The summed E-state index contributed by atoms with van der Waals surface area (Å²) in [5, 5.41) is 2.18. The second-order valence-electron chi connectivity index (χ2n) is 8.88. The Balaban J connectivity index is 1.21. The van der Waals surface area contributed by atoms with Gasteiger partial charge < -0.3 is 9.80 Å². The van der Waals surface area contributed by atoms with E-state index in [0.717, 1.165) is 76.3 Å². The highest BCUT2D eigenvalue weighted by Crippen LogP contribution is 2.33. The van der Waals surface area contributed by atoms with E-state index in [-0.39, 0.29) is 5.92 Å². The minimum atomic E-state index is 0.218. The third-order valence-electron chi connectivity index (χ3n) is 7.01. The van der Waals surface area contributed by atoms with Gasteiger partial charge in [0.15, 0.2) is 0 Å². The number of piperidine rings is 2. The summed E-state index contributed by atoms with van der Waals surface area (Å²) < 4.78 is 1.22. The van der Waals surface area contributed by atoms with E-state index in [1.165, 1.54) is 23.1 Å². The molecule has 0 radical (unpaired) electrons. The average molecular weight is 414 g/mol. The number of hydrogen-bond acceptors (Lipinski definition) is 6. The van der Waals surface area contributed by atoms with E-state index in [4.69, 9.17) is 0 Å². The van der Waals surface area contributed by atoms with Crippen molar-refractivity contribution in [1.82, 2.24) is 19.8 Å². The molecule has 0 aromatic carbocycles. The Labute approximate surface area is 176 Å². The van der Waals surface area contributed by atoms with Gasteiger partial charge in [0.1, 0.15) is 12.1 Å². The van der Waals surface area contributed by atoms with Crippen molar-refractivity contribution in [3.8, 4) is 0 Å². The van der Waals surface area contributed by atoms with Crippen molar-refractivity contribution >= 4 is 33.3 Å². The van der Waals surface area contributed by atoms with Crippen molar-refractivity contribution in [1.29, 1.82) is 0 Å². The van der Waals surface area contributed by atoms with Gasteiger partial charge >= 0.3 is 0 Å². The summed E-state index contributed by atoms with van der Waals surface area (Å²) in [6, 6.07) is 0.600. The van der Waals surface area contributed by atoms with Gasteiger partial charge in [0.05, 0.1) is 16.1 Å². The van der Waals surface area contributed by atoms with Crippen LogP contribution in [-0.4, -0.2) is 71.0 Å². The van der Waals surface area contributed by atoms with Gasteiger partial charge in [-0.05, 0) is 62.9 Å². The van der Waals surface area contributed by atoms with Crippen molar-refractivity contribution in [3.05, 3.63) is 17.3 Å². The lowest BCUT2D eigenvalue weighted by Gasteiger charge is -2.42. The molecule has 3 fully saturated rings. The maximum Gasteiger partial charge on any atom is 0.226 e. The van der Waals surface area contributed by atoms with Crippen LogP contribution in [0.25, 0.3) is 10.2 Å². The van der Waals surface area contributed by atoms with E-state index >= 15 is 0 Å². The van der Waals surface area contributed by atoms with E-state index in [0.29, 0.717) is 11.9 Å². The zero-order chi connectivity index (χ0) is 19.8.